The van der Waals surface area contributed by atoms with Gasteiger partial charge >= 0.3 is 0 Å². The SMILES string of the molecule is CCOCc1nc(Cl)cc(Nc2ccc(C)c(C)c2)n1. The van der Waals surface area contributed by atoms with E-state index in [0.29, 0.717) is 30.0 Å². The molecule has 0 spiro atoms. The molecule has 0 fully saturated rings. The van der Waals surface area contributed by atoms with Crippen molar-refractivity contribution < 1.29 is 4.74 Å². The largest absolute Gasteiger partial charge is 0.374 e. The summed E-state index contributed by atoms with van der Waals surface area (Å²) >= 11 is 6.00. The van der Waals surface area contributed by atoms with Gasteiger partial charge in [-0.15, -0.1) is 0 Å². The molecule has 2 rings (SSSR count). The molecular formula is C15H18ClN3O. The Morgan fingerprint density at radius 2 is 1.95 bits per heavy atom. The highest BCUT2D eigenvalue weighted by atomic mass is 35.5. The van der Waals surface area contributed by atoms with Crippen molar-refractivity contribution in [2.75, 3.05) is 11.9 Å². The zero-order valence-electron chi connectivity index (χ0n) is 11.9. The summed E-state index contributed by atoms with van der Waals surface area (Å²) in [5.74, 6) is 1.24. The lowest BCUT2D eigenvalue weighted by Gasteiger charge is -2.09. The summed E-state index contributed by atoms with van der Waals surface area (Å²) in [4.78, 5) is 8.52. The van der Waals surface area contributed by atoms with Crippen molar-refractivity contribution >= 4 is 23.1 Å². The molecule has 1 aromatic heterocycles. The molecule has 4 nitrogen and oxygen atoms in total. The molecule has 0 radical (unpaired) electrons. The van der Waals surface area contributed by atoms with Crippen LogP contribution in [0.25, 0.3) is 0 Å². The van der Waals surface area contributed by atoms with Gasteiger partial charge in [0.2, 0.25) is 0 Å². The second-order valence-corrected chi connectivity index (χ2v) is 4.94. The van der Waals surface area contributed by atoms with Crippen LogP contribution in [0, 0.1) is 13.8 Å². The normalized spacial score (nSPS) is 10.6. The number of anilines is 2. The number of halogens is 1. The standard InChI is InChI=1S/C15H18ClN3O/c1-4-20-9-15-18-13(16)8-14(19-15)17-12-6-5-10(2)11(3)7-12/h5-8H,4,9H2,1-3H3,(H,17,18,19). The van der Waals surface area contributed by atoms with E-state index in [1.165, 1.54) is 11.1 Å². The van der Waals surface area contributed by atoms with Crippen LogP contribution >= 0.6 is 11.6 Å². The first-order valence-electron chi connectivity index (χ1n) is 6.54. The predicted molar refractivity (Wildman–Crippen MR) is 81.6 cm³/mol. The van der Waals surface area contributed by atoms with E-state index < -0.39 is 0 Å². The molecule has 0 aliphatic heterocycles. The van der Waals surface area contributed by atoms with Crippen LogP contribution < -0.4 is 5.32 Å². The van der Waals surface area contributed by atoms with Gasteiger partial charge in [-0.05, 0) is 44.0 Å². The number of aryl methyl sites for hydroxylation is 2. The molecule has 0 saturated carbocycles. The second kappa shape index (κ2) is 6.68. The number of hydrogen-bond donors (Lipinski definition) is 1. The molecule has 0 unspecified atom stereocenters. The Hall–Kier alpha value is -1.65. The van der Waals surface area contributed by atoms with Gasteiger partial charge in [-0.3, -0.25) is 0 Å². The zero-order valence-corrected chi connectivity index (χ0v) is 12.7. The van der Waals surface area contributed by atoms with E-state index in [1.54, 1.807) is 6.07 Å². The predicted octanol–water partition coefficient (Wildman–Crippen LogP) is 4.03. The first kappa shape index (κ1) is 14.8. The van der Waals surface area contributed by atoms with Gasteiger partial charge in [0.25, 0.3) is 0 Å². The smallest absolute Gasteiger partial charge is 0.158 e. The minimum Gasteiger partial charge on any atom is -0.374 e. The van der Waals surface area contributed by atoms with Crippen LogP contribution in [0.5, 0.6) is 0 Å². The highest BCUT2D eigenvalue weighted by molar-refractivity contribution is 6.29. The molecular weight excluding hydrogens is 274 g/mol. The molecule has 5 heteroatoms. The highest BCUT2D eigenvalue weighted by Gasteiger charge is 2.04. The van der Waals surface area contributed by atoms with Gasteiger partial charge in [0.1, 0.15) is 17.6 Å². The summed E-state index contributed by atoms with van der Waals surface area (Å²) in [5.41, 5.74) is 3.46. The molecule has 0 saturated heterocycles. The van der Waals surface area contributed by atoms with Gasteiger partial charge in [0.15, 0.2) is 5.82 Å². The third-order valence-electron chi connectivity index (χ3n) is 2.96. The van der Waals surface area contributed by atoms with Crippen LogP contribution in [-0.2, 0) is 11.3 Å². The maximum absolute atomic E-state index is 6.00. The quantitative estimate of drug-likeness (QED) is 0.845. The lowest BCUT2D eigenvalue weighted by molar-refractivity contribution is 0.128. The fourth-order valence-electron chi connectivity index (χ4n) is 1.75. The number of benzene rings is 1. The second-order valence-electron chi connectivity index (χ2n) is 4.55. The van der Waals surface area contributed by atoms with Crippen molar-refractivity contribution in [2.24, 2.45) is 0 Å². The number of rotatable bonds is 5. The van der Waals surface area contributed by atoms with E-state index in [1.807, 2.05) is 13.0 Å². The average Bonchev–Trinajstić information content (AvgIpc) is 2.40. The Balaban J connectivity index is 2.19. The first-order valence-corrected chi connectivity index (χ1v) is 6.91. The zero-order chi connectivity index (χ0) is 14.5. The summed E-state index contributed by atoms with van der Waals surface area (Å²) in [6.07, 6.45) is 0. The Kier molecular flexibility index (Phi) is 4.93. The van der Waals surface area contributed by atoms with Gasteiger partial charge in [0, 0.05) is 18.4 Å². The monoisotopic (exact) mass is 291 g/mol. The van der Waals surface area contributed by atoms with Crippen molar-refractivity contribution in [2.45, 2.75) is 27.4 Å². The van der Waals surface area contributed by atoms with Gasteiger partial charge in [-0.2, -0.15) is 0 Å². The summed E-state index contributed by atoms with van der Waals surface area (Å²) in [7, 11) is 0. The number of hydrogen-bond acceptors (Lipinski definition) is 4. The van der Waals surface area contributed by atoms with E-state index >= 15 is 0 Å². The number of ether oxygens (including phenoxy) is 1. The van der Waals surface area contributed by atoms with Crippen LogP contribution in [0.2, 0.25) is 5.15 Å². The lowest BCUT2D eigenvalue weighted by atomic mass is 10.1. The number of nitrogens with zero attached hydrogens (tertiary/aromatic N) is 2. The Labute approximate surface area is 124 Å². The van der Waals surface area contributed by atoms with Gasteiger partial charge in [0.05, 0.1) is 0 Å². The molecule has 0 atom stereocenters. The minimum absolute atomic E-state index is 0.360. The third kappa shape index (κ3) is 3.92. The average molecular weight is 292 g/mol. The van der Waals surface area contributed by atoms with Gasteiger partial charge < -0.3 is 10.1 Å². The molecule has 1 heterocycles. The van der Waals surface area contributed by atoms with Crippen molar-refractivity contribution in [3.63, 3.8) is 0 Å². The van der Waals surface area contributed by atoms with E-state index in [2.05, 4.69) is 41.3 Å². The van der Waals surface area contributed by atoms with Crippen LogP contribution in [0.1, 0.15) is 23.9 Å². The molecule has 1 aromatic carbocycles. The molecule has 0 bridgehead atoms. The Bertz CT molecular complexity index is 602. The maximum atomic E-state index is 6.00. The Morgan fingerprint density at radius 1 is 1.15 bits per heavy atom. The highest BCUT2D eigenvalue weighted by Crippen LogP contribution is 2.20. The third-order valence-corrected chi connectivity index (χ3v) is 3.15. The molecule has 1 N–H and O–H groups in total. The summed E-state index contributed by atoms with van der Waals surface area (Å²) in [6.45, 7) is 7.07. The number of aromatic nitrogens is 2. The van der Waals surface area contributed by atoms with Gasteiger partial charge in [-0.1, -0.05) is 17.7 Å². The van der Waals surface area contributed by atoms with Crippen molar-refractivity contribution in [3.05, 3.63) is 46.4 Å². The molecule has 106 valence electrons. The van der Waals surface area contributed by atoms with Crippen molar-refractivity contribution in [3.8, 4) is 0 Å². The van der Waals surface area contributed by atoms with E-state index in [-0.39, 0.29) is 0 Å². The van der Waals surface area contributed by atoms with Crippen LogP contribution in [0.4, 0.5) is 11.5 Å². The fraction of sp³-hybridized carbons (Fsp3) is 0.333. The topological polar surface area (TPSA) is 47.0 Å². The van der Waals surface area contributed by atoms with E-state index in [0.717, 1.165) is 5.69 Å². The lowest BCUT2D eigenvalue weighted by Crippen LogP contribution is -2.03. The fourth-order valence-corrected chi connectivity index (χ4v) is 1.95. The van der Waals surface area contributed by atoms with Crippen LogP contribution in [0.15, 0.2) is 24.3 Å². The van der Waals surface area contributed by atoms with Crippen LogP contribution in [-0.4, -0.2) is 16.6 Å². The van der Waals surface area contributed by atoms with Crippen molar-refractivity contribution in [1.82, 2.24) is 9.97 Å². The first-order chi connectivity index (χ1) is 9.58. The molecule has 0 amide bonds. The van der Waals surface area contributed by atoms with E-state index in [4.69, 9.17) is 16.3 Å². The van der Waals surface area contributed by atoms with E-state index in [9.17, 15) is 0 Å². The molecule has 20 heavy (non-hydrogen) atoms. The molecule has 2 aromatic rings. The Morgan fingerprint density at radius 3 is 2.65 bits per heavy atom. The summed E-state index contributed by atoms with van der Waals surface area (Å²) < 4.78 is 5.30. The summed E-state index contributed by atoms with van der Waals surface area (Å²) in [6, 6.07) is 7.86. The van der Waals surface area contributed by atoms with Crippen molar-refractivity contribution in [1.29, 1.82) is 0 Å². The van der Waals surface area contributed by atoms with Gasteiger partial charge in [-0.25, -0.2) is 9.97 Å². The molecule has 0 aliphatic rings. The number of nitrogens with one attached hydrogen (secondary N) is 1. The molecule has 0 aliphatic carbocycles. The van der Waals surface area contributed by atoms with Crippen LogP contribution in [0.3, 0.4) is 0 Å². The minimum atomic E-state index is 0.360. The maximum Gasteiger partial charge on any atom is 0.158 e. The summed E-state index contributed by atoms with van der Waals surface area (Å²) in [5, 5.41) is 3.64.